The second kappa shape index (κ2) is 5.30. The normalized spacial score (nSPS) is 10.1. The van der Waals surface area contributed by atoms with Crippen LogP contribution in [0.15, 0.2) is 30.3 Å². The van der Waals surface area contributed by atoms with Crippen molar-refractivity contribution < 1.29 is 9.84 Å². The molecule has 6 N–H and O–H groups in total. The summed E-state index contributed by atoms with van der Waals surface area (Å²) in [5, 5.41) is 9.18. The number of nitrogens with two attached hydrogens (primary N) is 2. The largest absolute Gasteiger partial charge is 0.438 e. The van der Waals surface area contributed by atoms with Crippen LogP contribution in [0.1, 0.15) is 5.56 Å². The maximum absolute atomic E-state index is 9.18. The van der Waals surface area contributed by atoms with Crippen molar-refractivity contribution >= 4 is 11.8 Å². The Bertz CT molecular complexity index is 547. The average molecular weight is 247 g/mol. The summed E-state index contributed by atoms with van der Waals surface area (Å²) in [7, 11) is 0. The maximum Gasteiger partial charge on any atom is 0.226 e. The van der Waals surface area contributed by atoms with Gasteiger partial charge in [0.2, 0.25) is 11.8 Å². The molecule has 7 nitrogen and oxygen atoms in total. The van der Waals surface area contributed by atoms with Crippen LogP contribution >= 0.6 is 0 Å². The molecule has 0 aliphatic rings. The Morgan fingerprint density at radius 3 is 2.78 bits per heavy atom. The quantitative estimate of drug-likeness (QED) is 0.462. The number of aliphatic hydroxyl groups is 1. The number of para-hydroxylation sites is 1. The summed E-state index contributed by atoms with van der Waals surface area (Å²) in [5.74, 6) is 6.38. The molecule has 0 aliphatic carbocycles. The number of aliphatic hydroxyl groups excluding tert-OH is 1. The van der Waals surface area contributed by atoms with Gasteiger partial charge in [-0.1, -0.05) is 18.2 Å². The highest BCUT2D eigenvalue weighted by atomic mass is 16.5. The summed E-state index contributed by atoms with van der Waals surface area (Å²) < 4.78 is 5.54. The van der Waals surface area contributed by atoms with Gasteiger partial charge in [0.05, 0.1) is 6.61 Å². The second-order valence-electron chi connectivity index (χ2n) is 3.46. The highest BCUT2D eigenvalue weighted by Crippen LogP contribution is 2.25. The number of aromatic nitrogens is 2. The lowest BCUT2D eigenvalue weighted by Gasteiger charge is -2.09. The molecule has 1 heterocycles. The number of nitrogens with one attached hydrogen (secondary N) is 1. The molecule has 94 valence electrons. The van der Waals surface area contributed by atoms with Crippen molar-refractivity contribution in [3.63, 3.8) is 0 Å². The molecular formula is C11H13N5O2. The topological polar surface area (TPSA) is 119 Å². The minimum Gasteiger partial charge on any atom is -0.438 e. The first-order valence-electron chi connectivity index (χ1n) is 5.20. The lowest BCUT2D eigenvalue weighted by Crippen LogP contribution is -2.10. The predicted octanol–water partition coefficient (Wildman–Crippen LogP) is 0.629. The molecule has 0 saturated heterocycles. The minimum absolute atomic E-state index is 0.0435. The number of benzene rings is 1. The monoisotopic (exact) mass is 247 g/mol. The summed E-state index contributed by atoms with van der Waals surface area (Å²) in [6, 6.07) is 8.58. The molecule has 0 spiro atoms. The molecule has 0 fully saturated rings. The zero-order chi connectivity index (χ0) is 13.0. The molecule has 0 unspecified atom stereocenters. The highest BCUT2D eigenvalue weighted by molar-refractivity contribution is 5.44. The van der Waals surface area contributed by atoms with Crippen LogP contribution in [-0.4, -0.2) is 15.1 Å². The fraction of sp³-hybridized carbons (Fsp3) is 0.0909. The number of ether oxygens (including phenoxy) is 1. The van der Waals surface area contributed by atoms with E-state index in [-0.39, 0.29) is 18.4 Å². The van der Waals surface area contributed by atoms with Gasteiger partial charge in [-0.05, 0) is 6.07 Å². The van der Waals surface area contributed by atoms with Gasteiger partial charge < -0.3 is 21.0 Å². The van der Waals surface area contributed by atoms with E-state index < -0.39 is 0 Å². The third kappa shape index (κ3) is 2.65. The lowest BCUT2D eigenvalue weighted by atomic mass is 10.2. The molecule has 0 bridgehead atoms. The number of hydrazine groups is 1. The van der Waals surface area contributed by atoms with Crippen LogP contribution in [0.2, 0.25) is 0 Å². The molecule has 0 saturated carbocycles. The van der Waals surface area contributed by atoms with Crippen molar-refractivity contribution in [2.24, 2.45) is 5.84 Å². The third-order valence-corrected chi connectivity index (χ3v) is 2.23. The van der Waals surface area contributed by atoms with Gasteiger partial charge in [-0.3, -0.25) is 0 Å². The number of nitrogen functional groups attached to an aromatic ring is 2. The maximum atomic E-state index is 9.18. The molecule has 0 radical (unpaired) electrons. The van der Waals surface area contributed by atoms with Crippen molar-refractivity contribution in [2.75, 3.05) is 11.2 Å². The van der Waals surface area contributed by atoms with Crippen LogP contribution < -0.4 is 21.7 Å². The Balaban J connectivity index is 2.30. The summed E-state index contributed by atoms with van der Waals surface area (Å²) in [6.07, 6.45) is 0. The van der Waals surface area contributed by atoms with Gasteiger partial charge >= 0.3 is 0 Å². The molecular weight excluding hydrogens is 234 g/mol. The van der Waals surface area contributed by atoms with E-state index in [2.05, 4.69) is 15.4 Å². The van der Waals surface area contributed by atoms with E-state index in [4.69, 9.17) is 16.3 Å². The van der Waals surface area contributed by atoms with E-state index in [1.165, 1.54) is 6.07 Å². The number of hydrogen-bond acceptors (Lipinski definition) is 7. The molecule has 0 aliphatic heterocycles. The predicted molar refractivity (Wildman–Crippen MR) is 66.7 cm³/mol. The Labute approximate surface area is 103 Å². The van der Waals surface area contributed by atoms with Crippen LogP contribution in [0.25, 0.3) is 0 Å². The minimum atomic E-state index is -0.126. The van der Waals surface area contributed by atoms with E-state index >= 15 is 0 Å². The molecule has 1 aromatic heterocycles. The average Bonchev–Trinajstić information content (AvgIpc) is 2.38. The van der Waals surface area contributed by atoms with Gasteiger partial charge in [0.25, 0.3) is 0 Å². The Morgan fingerprint density at radius 1 is 1.28 bits per heavy atom. The number of rotatable bonds is 4. The van der Waals surface area contributed by atoms with Crippen molar-refractivity contribution in [3.05, 3.63) is 35.9 Å². The van der Waals surface area contributed by atoms with Crippen LogP contribution in [0.4, 0.5) is 11.8 Å². The first-order valence-corrected chi connectivity index (χ1v) is 5.20. The van der Waals surface area contributed by atoms with Crippen LogP contribution in [0.5, 0.6) is 11.6 Å². The van der Waals surface area contributed by atoms with E-state index in [0.717, 1.165) is 0 Å². The first-order chi connectivity index (χ1) is 8.72. The van der Waals surface area contributed by atoms with E-state index in [1.807, 2.05) is 0 Å². The fourth-order valence-electron chi connectivity index (χ4n) is 1.42. The summed E-state index contributed by atoms with van der Waals surface area (Å²) in [5.41, 5.74) is 8.52. The van der Waals surface area contributed by atoms with Gasteiger partial charge in [0.1, 0.15) is 11.6 Å². The fourth-order valence-corrected chi connectivity index (χ4v) is 1.42. The molecule has 2 aromatic rings. The van der Waals surface area contributed by atoms with E-state index in [0.29, 0.717) is 17.1 Å². The van der Waals surface area contributed by atoms with E-state index in [9.17, 15) is 5.11 Å². The number of nitrogens with zero attached hydrogens (tertiary/aromatic N) is 2. The lowest BCUT2D eigenvalue weighted by molar-refractivity contribution is 0.276. The van der Waals surface area contributed by atoms with Gasteiger partial charge in [0.15, 0.2) is 0 Å². The second-order valence-corrected chi connectivity index (χ2v) is 3.46. The third-order valence-electron chi connectivity index (χ3n) is 2.23. The Hall–Kier alpha value is -2.38. The van der Waals surface area contributed by atoms with Crippen LogP contribution in [0, 0.1) is 0 Å². The Morgan fingerprint density at radius 2 is 2.06 bits per heavy atom. The van der Waals surface area contributed by atoms with Gasteiger partial charge in [-0.2, -0.15) is 9.97 Å². The smallest absolute Gasteiger partial charge is 0.226 e. The SMILES string of the molecule is NNc1cc(Oc2ccccc2CO)nc(N)n1. The summed E-state index contributed by atoms with van der Waals surface area (Å²) in [4.78, 5) is 7.76. The van der Waals surface area contributed by atoms with Gasteiger partial charge in [0, 0.05) is 11.6 Å². The van der Waals surface area contributed by atoms with Crippen molar-refractivity contribution in [1.82, 2.24) is 9.97 Å². The summed E-state index contributed by atoms with van der Waals surface area (Å²) >= 11 is 0. The van der Waals surface area contributed by atoms with Crippen molar-refractivity contribution in [1.29, 1.82) is 0 Å². The first kappa shape index (κ1) is 12.1. The zero-order valence-electron chi connectivity index (χ0n) is 9.50. The van der Waals surface area contributed by atoms with Crippen LogP contribution in [0.3, 0.4) is 0 Å². The molecule has 7 heteroatoms. The molecule has 18 heavy (non-hydrogen) atoms. The standard InChI is InChI=1S/C11H13N5O2/c12-11-14-9(16-13)5-10(15-11)18-8-4-2-1-3-7(8)6-17/h1-5,17H,6,13H2,(H3,12,14,15,16). The number of hydrogen-bond donors (Lipinski definition) is 4. The molecule has 1 aromatic carbocycles. The number of anilines is 2. The molecule has 2 rings (SSSR count). The van der Waals surface area contributed by atoms with Crippen molar-refractivity contribution in [2.45, 2.75) is 6.61 Å². The van der Waals surface area contributed by atoms with Gasteiger partial charge in [-0.25, -0.2) is 5.84 Å². The zero-order valence-corrected chi connectivity index (χ0v) is 9.50. The summed E-state index contributed by atoms with van der Waals surface area (Å²) in [6.45, 7) is -0.126. The van der Waals surface area contributed by atoms with Crippen molar-refractivity contribution in [3.8, 4) is 11.6 Å². The molecule has 0 amide bonds. The Kier molecular flexibility index (Phi) is 3.56. The molecule has 0 atom stereocenters. The van der Waals surface area contributed by atoms with E-state index in [1.54, 1.807) is 24.3 Å². The van der Waals surface area contributed by atoms with Crippen LogP contribution in [-0.2, 0) is 6.61 Å². The highest BCUT2D eigenvalue weighted by Gasteiger charge is 2.07. The van der Waals surface area contributed by atoms with Gasteiger partial charge in [-0.15, -0.1) is 0 Å².